The largest absolute Gasteiger partial charge is 0.0687 e. The van der Waals surface area contributed by atoms with Crippen LogP contribution in [0.5, 0.6) is 0 Å². The molecule has 0 radical (unpaired) electrons. The molecule has 0 nitrogen and oxygen atoms in total. The van der Waals surface area contributed by atoms with Gasteiger partial charge in [-0.15, -0.1) is 0 Å². The lowest BCUT2D eigenvalue weighted by atomic mass is 10.6. The van der Waals surface area contributed by atoms with Crippen LogP contribution in [-0.4, -0.2) is 0 Å². The Labute approximate surface area is 605 Å². The summed E-state index contributed by atoms with van der Waals surface area (Å²) >= 11 is 0. The second-order valence-electron chi connectivity index (χ2n) is 13.1. The van der Waals surface area contributed by atoms with Crippen LogP contribution < -0.4 is 0 Å². The van der Waals surface area contributed by atoms with Crippen molar-refractivity contribution in [1.29, 1.82) is 0 Å². The van der Waals surface area contributed by atoms with Gasteiger partial charge < -0.3 is 0 Å². The molecule has 0 aliphatic heterocycles. The highest BCUT2D eigenvalue weighted by Crippen LogP contribution is 1.67. The van der Waals surface area contributed by atoms with Gasteiger partial charge >= 0.3 is 0 Å². The second-order valence-corrected chi connectivity index (χ2v) is 13.1. The zero-order valence-electron chi connectivity index (χ0n) is 53.4. The molecule has 0 amide bonds. The quantitative estimate of drug-likeness (QED) is 0.212. The maximum atomic E-state index is 3.32. The molecule has 0 fully saturated rings. The number of rotatable bonds is 0. The van der Waals surface area contributed by atoms with Gasteiger partial charge in [0.25, 0.3) is 0 Å². The Bertz CT molecular complexity index is 8000. The third-order valence-electron chi connectivity index (χ3n) is 6.49. The van der Waals surface area contributed by atoms with Gasteiger partial charge in [0.1, 0.15) is 0 Å². The van der Waals surface area contributed by atoms with E-state index in [1.165, 1.54) is 0 Å². The summed E-state index contributed by atoms with van der Waals surface area (Å²) in [5.74, 6) is 0. The summed E-state index contributed by atoms with van der Waals surface area (Å²) < 4.78 is 0. The first kappa shape index (κ1) is 82.9. The first-order valence-corrected chi connectivity index (χ1v) is 26.5. The van der Waals surface area contributed by atoms with Crippen molar-refractivity contribution in [3.63, 3.8) is 0 Å². The van der Waals surface area contributed by atoms with E-state index in [1.54, 1.807) is 0 Å². The van der Waals surface area contributed by atoms with Crippen molar-refractivity contribution in [2.24, 2.45) is 0 Å². The Kier molecular flexibility index (Phi) is 64.0. The van der Waals surface area contributed by atoms with E-state index in [0.717, 1.165) is 0 Å². The molecule has 0 spiro atoms. The van der Waals surface area contributed by atoms with Gasteiger partial charge in [0.2, 0.25) is 0 Å². The number of hydrogen-bond donors (Lipinski definition) is 0. The van der Waals surface area contributed by atoms with Crippen molar-refractivity contribution >= 4 is 0 Å². The Morgan fingerprint density at radius 3 is 0.104 bits per heavy atom. The average Bonchev–Trinajstić information content (AvgIpc) is 3.85. The minimum absolute atomic E-state index is 2.37. The molecule has 0 aliphatic carbocycles. The summed E-state index contributed by atoms with van der Waals surface area (Å²) in [6.07, 6.45) is 0. The fraction of sp³-hybridized carbons (Fsp3) is 0. The Balaban J connectivity index is 6.19. The van der Waals surface area contributed by atoms with Gasteiger partial charge in [-0.2, -0.15) is 0 Å². The van der Waals surface area contributed by atoms with Crippen molar-refractivity contribution in [2.45, 2.75) is 0 Å². The fourth-order valence-corrected chi connectivity index (χ4v) is 3.21. The zero-order valence-corrected chi connectivity index (χ0v) is 53.4. The molecular weight excluding hydrogens is 1270 g/mol. The van der Waals surface area contributed by atoms with Gasteiger partial charge in [0.15, 0.2) is 0 Å². The maximum absolute atomic E-state index is 3.32. The Morgan fingerprint density at radius 2 is 0.0755 bits per heavy atom. The highest BCUT2D eigenvalue weighted by molar-refractivity contribution is 5.03. The summed E-state index contributed by atoms with van der Waals surface area (Å²) in [5.41, 5.74) is 259. The van der Waals surface area contributed by atoms with E-state index >= 15 is 0 Å². The van der Waals surface area contributed by atoms with Gasteiger partial charge in [-0.1, -0.05) is 11.5 Å². The maximum Gasteiger partial charge on any atom is 0 e. The van der Waals surface area contributed by atoms with Crippen LogP contribution in [0, 0.1) is 0 Å². The summed E-state index contributed by atoms with van der Waals surface area (Å²) in [6.45, 7) is 6.64. The van der Waals surface area contributed by atoms with Crippen LogP contribution in [0.25, 0.3) is 0 Å². The lowest BCUT2D eigenvalue weighted by Crippen LogP contribution is -1.26. The smallest absolute Gasteiger partial charge is 0 e. The van der Waals surface area contributed by atoms with Crippen molar-refractivity contribution in [3.05, 3.63) is 609 Å². The lowest BCUT2D eigenvalue weighted by Gasteiger charge is -1.41. The molecular formula is C106H4. The van der Waals surface area contributed by atoms with Gasteiger partial charge in [0, 0.05) is 493 Å². The predicted octanol–water partition coefficient (Wildman–Crippen LogP) is 16.9. The molecule has 0 heterocycles. The monoisotopic (exact) mass is 1280 g/mol. The minimum atomic E-state index is 2.37. The first-order valence-electron chi connectivity index (χ1n) is 26.5. The van der Waals surface area contributed by atoms with Gasteiger partial charge in [-0.3, -0.25) is 0 Å². The standard InChI is InChI=1S/C106H4/c1-3-5-7-9-11-13-15-17-19-21-23-25-27-29-31-33-35-37-39-41-43-45-47-49-51-53-55-57-59-61-63-65-67-69-71-73-75-77-79-81-83-85-87-89-91-93-95-97-99-101-103-105-106-104-102-100-98-96-94-92-90-88-86-84-82-80-78-76-74-72-70-68-66-64-62-60-58-56-54-52-50-48-46-44-42-40-38-36-34-32-30-28-26-24-22-20-18-16-14-12-10-8-6-4-2/h1-2H2. The Hall–Kier alpha value is -23.1. The Morgan fingerprint density at radius 1 is 0.0472 bits per heavy atom. The molecule has 0 aliphatic rings. The fourth-order valence-electron chi connectivity index (χ4n) is 3.21. The molecule has 106 heavy (non-hydrogen) atoms. The van der Waals surface area contributed by atoms with Crippen LogP contribution in [0.3, 0.4) is 0 Å². The van der Waals surface area contributed by atoms with Crippen LogP contribution in [0.2, 0.25) is 0 Å². The molecule has 0 saturated heterocycles. The molecule has 0 heteroatoms. The molecule has 0 aromatic carbocycles. The van der Waals surface area contributed by atoms with E-state index in [4.69, 9.17) is 0 Å². The molecule has 0 atom stereocenters. The highest BCUT2D eigenvalue weighted by Gasteiger charge is 1.51. The van der Waals surface area contributed by atoms with Gasteiger partial charge in [-0.05, 0) is 105 Å². The molecule has 0 N–H and O–H groups in total. The molecule has 0 rings (SSSR count). The first-order chi connectivity index (χ1) is 52.9. The SMILES string of the molecule is C=C=C=C=C=C=C=C=C=C=C=C=C=C=C=C=C=C=C=C=C=C=C=C=C=C=C=C=C=C=C=C=C=C=C=C=C=C=C=C=C=C=C=C=C=C=C=C=C=C=C=C=C=C=C=C=C=C=C=C=C=C=C=C=C=C=C=C=C=C=C=C=C=C=C=C=C=C=C=C=C=C=C=C=C=C=C=C=C=C=C=C=C=C=C=C=C=C=C=C=C=C=C=C=C=C. The van der Waals surface area contributed by atoms with E-state index in [-0.39, 0.29) is 0 Å². The summed E-state index contributed by atoms with van der Waals surface area (Å²) in [6, 6.07) is 0. The minimum Gasteiger partial charge on any atom is -0.0687 e. The van der Waals surface area contributed by atoms with Crippen LogP contribution in [0.4, 0.5) is 0 Å². The van der Waals surface area contributed by atoms with Crippen LogP contribution in [-0.2, 0) is 0 Å². The molecule has 428 valence electrons. The normalized spacial score (nSPS) is 3.96. The van der Waals surface area contributed by atoms with Crippen LogP contribution in [0.15, 0.2) is 609 Å². The second kappa shape index (κ2) is 81.9. The van der Waals surface area contributed by atoms with Crippen molar-refractivity contribution < 1.29 is 0 Å². The topological polar surface area (TPSA) is 0 Å². The zero-order chi connectivity index (χ0) is 75.5. The number of hydrogen-bond acceptors (Lipinski definition) is 0. The lowest BCUT2D eigenvalue weighted by molar-refractivity contribution is 2.10. The molecule has 0 aromatic heterocycles. The summed E-state index contributed by atoms with van der Waals surface area (Å²) in [4.78, 5) is 0. The van der Waals surface area contributed by atoms with E-state index in [9.17, 15) is 0 Å². The van der Waals surface area contributed by atoms with E-state index in [0.29, 0.717) is 0 Å². The van der Waals surface area contributed by atoms with Crippen molar-refractivity contribution in [2.75, 3.05) is 0 Å². The van der Waals surface area contributed by atoms with Crippen molar-refractivity contribution in [3.8, 4) is 0 Å². The van der Waals surface area contributed by atoms with E-state index in [2.05, 4.69) is 609 Å². The molecule has 0 bridgehead atoms. The van der Waals surface area contributed by atoms with Crippen LogP contribution >= 0.6 is 0 Å². The molecule has 0 aromatic rings. The van der Waals surface area contributed by atoms with E-state index < -0.39 is 0 Å². The third kappa shape index (κ3) is 80.9. The molecule has 0 unspecified atom stereocenters. The predicted molar refractivity (Wildman–Crippen MR) is 377 cm³/mol. The molecule has 0 saturated carbocycles. The van der Waals surface area contributed by atoms with E-state index in [1.807, 2.05) is 0 Å². The van der Waals surface area contributed by atoms with Crippen LogP contribution in [0.1, 0.15) is 0 Å². The highest BCUT2D eigenvalue weighted by atomic mass is 13.5. The summed E-state index contributed by atoms with van der Waals surface area (Å²) in [5, 5.41) is 0. The summed E-state index contributed by atoms with van der Waals surface area (Å²) in [7, 11) is 0. The average molecular weight is 1280 g/mol. The third-order valence-corrected chi connectivity index (χ3v) is 6.49. The van der Waals surface area contributed by atoms with Gasteiger partial charge in [-0.25, -0.2) is 0 Å². The van der Waals surface area contributed by atoms with Gasteiger partial charge in [0.05, 0.1) is 0 Å². The van der Waals surface area contributed by atoms with Crippen molar-refractivity contribution in [1.82, 2.24) is 0 Å².